The van der Waals surface area contributed by atoms with Gasteiger partial charge in [0.2, 0.25) is 0 Å². The molecule has 1 amide bonds. The van der Waals surface area contributed by atoms with Gasteiger partial charge in [-0.25, -0.2) is 9.97 Å². The lowest BCUT2D eigenvalue weighted by Gasteiger charge is -2.19. The Morgan fingerprint density at radius 2 is 2.05 bits per heavy atom. The molecule has 22 heavy (non-hydrogen) atoms. The van der Waals surface area contributed by atoms with Gasteiger partial charge in [0.1, 0.15) is 10.7 Å². The molecule has 0 radical (unpaired) electrons. The largest absolute Gasteiger partial charge is 0.362 e. The molecule has 7 nitrogen and oxygen atoms in total. The average Bonchev–Trinajstić information content (AvgIpc) is 3.02. The number of carbonyl (C=O) groups excluding carboxylic acids is 1. The number of aromatic amines is 1. The summed E-state index contributed by atoms with van der Waals surface area (Å²) in [6.07, 6.45) is 0. The summed E-state index contributed by atoms with van der Waals surface area (Å²) in [5.74, 6) is 1.38. The van der Waals surface area contributed by atoms with Gasteiger partial charge in [0.15, 0.2) is 11.0 Å². The van der Waals surface area contributed by atoms with E-state index in [0.717, 1.165) is 23.2 Å². The second-order valence-corrected chi connectivity index (χ2v) is 6.44. The number of hydrogen-bond acceptors (Lipinski definition) is 6. The number of aryl methyl sites for hydroxylation is 2. The van der Waals surface area contributed by atoms with Crippen LogP contribution in [0.25, 0.3) is 0 Å². The first kappa shape index (κ1) is 16.4. The SMILES string of the molecule is CCNc1nc(C)c(C(=O)N[C@H](c2n[nH]c(C)n2)C(C)C)s1. The summed E-state index contributed by atoms with van der Waals surface area (Å²) in [6, 6.07) is -0.235. The molecule has 2 aromatic heterocycles. The first-order valence-electron chi connectivity index (χ1n) is 7.33. The zero-order valence-electron chi connectivity index (χ0n) is 13.5. The number of rotatable bonds is 6. The summed E-state index contributed by atoms with van der Waals surface area (Å²) < 4.78 is 0. The number of carbonyl (C=O) groups is 1. The molecule has 0 fully saturated rings. The monoisotopic (exact) mass is 322 g/mol. The third-order valence-electron chi connectivity index (χ3n) is 3.18. The second-order valence-electron chi connectivity index (χ2n) is 5.44. The molecule has 0 aromatic carbocycles. The Kier molecular flexibility index (Phi) is 5.12. The molecule has 0 aliphatic heterocycles. The fourth-order valence-corrected chi connectivity index (χ4v) is 3.01. The fraction of sp³-hybridized carbons (Fsp3) is 0.571. The molecule has 0 spiro atoms. The molecule has 0 saturated carbocycles. The normalized spacial score (nSPS) is 12.5. The number of H-pyrrole nitrogens is 1. The predicted octanol–water partition coefficient (Wildman–Crippen LogP) is 2.44. The van der Waals surface area contributed by atoms with E-state index in [1.165, 1.54) is 11.3 Å². The van der Waals surface area contributed by atoms with Gasteiger partial charge in [0, 0.05) is 6.54 Å². The molecule has 0 unspecified atom stereocenters. The highest BCUT2D eigenvalue weighted by Crippen LogP contribution is 2.24. The number of aromatic nitrogens is 4. The number of amides is 1. The van der Waals surface area contributed by atoms with Gasteiger partial charge in [-0.2, -0.15) is 5.10 Å². The van der Waals surface area contributed by atoms with Crippen molar-refractivity contribution in [2.75, 3.05) is 11.9 Å². The summed E-state index contributed by atoms with van der Waals surface area (Å²) in [4.78, 5) is 21.9. The van der Waals surface area contributed by atoms with Gasteiger partial charge in [0.05, 0.1) is 11.7 Å². The van der Waals surface area contributed by atoms with Crippen LogP contribution in [0.15, 0.2) is 0 Å². The minimum Gasteiger partial charge on any atom is -0.362 e. The van der Waals surface area contributed by atoms with Crippen molar-refractivity contribution in [1.29, 1.82) is 0 Å². The topological polar surface area (TPSA) is 95.6 Å². The smallest absolute Gasteiger partial charge is 0.263 e. The van der Waals surface area contributed by atoms with Crippen LogP contribution in [0, 0.1) is 19.8 Å². The van der Waals surface area contributed by atoms with E-state index in [-0.39, 0.29) is 17.9 Å². The molecule has 0 aliphatic carbocycles. The summed E-state index contributed by atoms with van der Waals surface area (Å²) in [7, 11) is 0. The highest BCUT2D eigenvalue weighted by molar-refractivity contribution is 7.17. The van der Waals surface area contributed by atoms with Crippen molar-refractivity contribution in [3.8, 4) is 0 Å². The number of hydrogen-bond donors (Lipinski definition) is 3. The third-order valence-corrected chi connectivity index (χ3v) is 4.29. The lowest BCUT2D eigenvalue weighted by atomic mass is 10.0. The molecule has 0 aliphatic rings. The van der Waals surface area contributed by atoms with E-state index in [1.54, 1.807) is 0 Å². The molecule has 2 heterocycles. The van der Waals surface area contributed by atoms with E-state index < -0.39 is 0 Å². The highest BCUT2D eigenvalue weighted by atomic mass is 32.1. The molecule has 1 atom stereocenters. The van der Waals surface area contributed by atoms with Crippen LogP contribution in [0.2, 0.25) is 0 Å². The molecule has 120 valence electrons. The van der Waals surface area contributed by atoms with Crippen molar-refractivity contribution in [2.45, 2.75) is 40.7 Å². The van der Waals surface area contributed by atoms with E-state index >= 15 is 0 Å². The van der Waals surface area contributed by atoms with Crippen molar-refractivity contribution < 1.29 is 4.79 Å². The van der Waals surface area contributed by atoms with Gasteiger partial charge in [0.25, 0.3) is 5.91 Å². The Balaban J connectivity index is 2.18. The first-order valence-corrected chi connectivity index (χ1v) is 8.15. The maximum atomic E-state index is 12.5. The van der Waals surface area contributed by atoms with Crippen LogP contribution in [-0.2, 0) is 0 Å². The third kappa shape index (κ3) is 3.62. The minimum absolute atomic E-state index is 0.139. The van der Waals surface area contributed by atoms with Crippen molar-refractivity contribution >= 4 is 22.4 Å². The summed E-state index contributed by atoms with van der Waals surface area (Å²) in [6.45, 7) is 10.5. The van der Waals surface area contributed by atoms with Crippen LogP contribution in [0.3, 0.4) is 0 Å². The van der Waals surface area contributed by atoms with Gasteiger partial charge >= 0.3 is 0 Å². The summed E-state index contributed by atoms with van der Waals surface area (Å²) in [5.41, 5.74) is 0.729. The molecular formula is C14H22N6OS. The highest BCUT2D eigenvalue weighted by Gasteiger charge is 2.25. The van der Waals surface area contributed by atoms with E-state index in [4.69, 9.17) is 0 Å². The van der Waals surface area contributed by atoms with Crippen molar-refractivity contribution in [3.63, 3.8) is 0 Å². The van der Waals surface area contributed by atoms with Gasteiger partial charge in [-0.3, -0.25) is 9.89 Å². The molecule has 8 heteroatoms. The quantitative estimate of drug-likeness (QED) is 0.759. The molecule has 0 bridgehead atoms. The van der Waals surface area contributed by atoms with Crippen LogP contribution in [0.1, 0.15) is 53.8 Å². The number of anilines is 1. The maximum Gasteiger partial charge on any atom is 0.263 e. The van der Waals surface area contributed by atoms with E-state index in [0.29, 0.717) is 10.7 Å². The van der Waals surface area contributed by atoms with Gasteiger partial charge in [-0.1, -0.05) is 25.2 Å². The Hall–Kier alpha value is -1.96. The van der Waals surface area contributed by atoms with Crippen LogP contribution >= 0.6 is 11.3 Å². The summed E-state index contributed by atoms with van der Waals surface area (Å²) in [5, 5.41) is 13.9. The Morgan fingerprint density at radius 3 is 2.59 bits per heavy atom. The van der Waals surface area contributed by atoms with Crippen molar-refractivity contribution in [2.24, 2.45) is 5.92 Å². The minimum atomic E-state index is -0.235. The van der Waals surface area contributed by atoms with Gasteiger partial charge < -0.3 is 10.6 Å². The maximum absolute atomic E-state index is 12.5. The van der Waals surface area contributed by atoms with Gasteiger partial charge in [-0.05, 0) is 26.7 Å². The predicted molar refractivity (Wildman–Crippen MR) is 87.2 cm³/mol. The Labute approximate surface area is 134 Å². The summed E-state index contributed by atoms with van der Waals surface area (Å²) >= 11 is 1.36. The lowest BCUT2D eigenvalue weighted by molar-refractivity contribution is 0.0926. The van der Waals surface area contributed by atoms with Crippen LogP contribution in [-0.4, -0.2) is 32.6 Å². The van der Waals surface area contributed by atoms with Crippen molar-refractivity contribution in [3.05, 3.63) is 22.2 Å². The van der Waals surface area contributed by atoms with Crippen LogP contribution < -0.4 is 10.6 Å². The average molecular weight is 322 g/mol. The fourth-order valence-electron chi connectivity index (χ4n) is 2.07. The Morgan fingerprint density at radius 1 is 1.32 bits per heavy atom. The molecule has 2 rings (SSSR count). The molecule has 3 N–H and O–H groups in total. The lowest BCUT2D eigenvalue weighted by Crippen LogP contribution is -2.32. The Bertz CT molecular complexity index is 648. The van der Waals surface area contributed by atoms with Crippen LogP contribution in [0.4, 0.5) is 5.13 Å². The number of thiazole rings is 1. The zero-order chi connectivity index (χ0) is 16.3. The van der Waals surface area contributed by atoms with Crippen molar-refractivity contribution in [1.82, 2.24) is 25.5 Å². The first-order chi connectivity index (χ1) is 10.4. The molecule has 0 saturated heterocycles. The number of nitrogens with zero attached hydrogens (tertiary/aromatic N) is 3. The van der Waals surface area contributed by atoms with Gasteiger partial charge in [-0.15, -0.1) is 0 Å². The van der Waals surface area contributed by atoms with E-state index in [2.05, 4.69) is 30.8 Å². The number of nitrogens with one attached hydrogen (secondary N) is 3. The zero-order valence-corrected chi connectivity index (χ0v) is 14.3. The standard InChI is InChI=1S/C14H22N6OS/c1-6-15-14-16-8(4)11(22-14)13(21)18-10(7(2)3)12-17-9(5)19-20-12/h7,10H,6H2,1-5H3,(H,15,16)(H,18,21)(H,17,19,20)/t10-/m0/s1. The second kappa shape index (κ2) is 6.87. The molecule has 2 aromatic rings. The van der Waals surface area contributed by atoms with E-state index in [9.17, 15) is 4.79 Å². The van der Waals surface area contributed by atoms with Crippen LogP contribution in [0.5, 0.6) is 0 Å². The molecular weight excluding hydrogens is 300 g/mol. The van der Waals surface area contributed by atoms with E-state index in [1.807, 2.05) is 34.6 Å².